The zero-order chi connectivity index (χ0) is 27.9. The van der Waals surface area contributed by atoms with E-state index in [9.17, 15) is 0 Å². The molecule has 0 fully saturated rings. The van der Waals surface area contributed by atoms with Crippen molar-refractivity contribution < 1.29 is 0 Å². The van der Waals surface area contributed by atoms with Crippen molar-refractivity contribution in [2.45, 2.75) is 0 Å². The van der Waals surface area contributed by atoms with Crippen LogP contribution in [0, 0.1) is 0 Å². The summed E-state index contributed by atoms with van der Waals surface area (Å²) in [4.78, 5) is 9.03. The van der Waals surface area contributed by atoms with E-state index >= 15 is 0 Å². The highest BCUT2D eigenvalue weighted by Gasteiger charge is 2.16. The van der Waals surface area contributed by atoms with Gasteiger partial charge in [0, 0.05) is 12.4 Å². The van der Waals surface area contributed by atoms with Gasteiger partial charge in [0.25, 0.3) is 0 Å². The number of hydrogen-bond donors (Lipinski definition) is 0. The van der Waals surface area contributed by atoms with Crippen molar-refractivity contribution in [2.75, 3.05) is 0 Å². The SMILES string of the molecule is c1ccc(-c2c3ccccc3c(-c3ccc4cc(-c5ccnc(-c6ccccn6)c5)ccc4c3)c3ccccc23)cc1. The topological polar surface area (TPSA) is 25.8 Å². The molecule has 196 valence electrons. The molecule has 0 N–H and O–H groups in total. The summed E-state index contributed by atoms with van der Waals surface area (Å²) >= 11 is 0. The zero-order valence-electron chi connectivity index (χ0n) is 22.9. The minimum Gasteiger partial charge on any atom is -0.255 e. The second-order valence-electron chi connectivity index (χ2n) is 10.6. The fourth-order valence-electron chi connectivity index (χ4n) is 6.20. The monoisotopic (exact) mass is 534 g/mol. The summed E-state index contributed by atoms with van der Waals surface area (Å²) in [7, 11) is 0. The van der Waals surface area contributed by atoms with Crippen molar-refractivity contribution in [1.82, 2.24) is 9.97 Å². The first-order chi connectivity index (χ1) is 20.8. The molecule has 42 heavy (non-hydrogen) atoms. The summed E-state index contributed by atoms with van der Waals surface area (Å²) in [5.74, 6) is 0. The fraction of sp³-hybridized carbons (Fsp3) is 0. The van der Waals surface area contributed by atoms with E-state index in [-0.39, 0.29) is 0 Å². The smallest absolute Gasteiger partial charge is 0.0892 e. The summed E-state index contributed by atoms with van der Waals surface area (Å²) in [5.41, 5.74) is 9.08. The van der Waals surface area contributed by atoms with Crippen LogP contribution in [0.1, 0.15) is 0 Å². The fourth-order valence-corrected chi connectivity index (χ4v) is 6.20. The van der Waals surface area contributed by atoms with E-state index in [2.05, 4.69) is 137 Å². The Labute approximate surface area is 244 Å². The average Bonchev–Trinajstić information content (AvgIpc) is 3.07. The van der Waals surface area contributed by atoms with E-state index < -0.39 is 0 Å². The molecule has 2 heteroatoms. The lowest BCUT2D eigenvalue weighted by Gasteiger charge is -2.18. The molecule has 0 spiro atoms. The first-order valence-corrected chi connectivity index (χ1v) is 14.2. The highest BCUT2D eigenvalue weighted by Crippen LogP contribution is 2.44. The number of benzene rings is 6. The molecular weight excluding hydrogens is 508 g/mol. The van der Waals surface area contributed by atoms with E-state index in [1.165, 1.54) is 54.6 Å². The van der Waals surface area contributed by atoms with Crippen molar-refractivity contribution in [2.24, 2.45) is 0 Å². The van der Waals surface area contributed by atoms with Crippen LogP contribution in [0.3, 0.4) is 0 Å². The van der Waals surface area contributed by atoms with E-state index in [0.29, 0.717) is 0 Å². The molecule has 2 aromatic heterocycles. The molecular formula is C40H26N2. The van der Waals surface area contributed by atoms with Gasteiger partial charge >= 0.3 is 0 Å². The number of aromatic nitrogens is 2. The lowest BCUT2D eigenvalue weighted by molar-refractivity contribution is 1.25. The quantitative estimate of drug-likeness (QED) is 0.210. The molecule has 2 heterocycles. The minimum atomic E-state index is 0.876. The van der Waals surface area contributed by atoms with Crippen LogP contribution in [0.25, 0.3) is 77.1 Å². The van der Waals surface area contributed by atoms with E-state index in [1.807, 2.05) is 24.4 Å². The third kappa shape index (κ3) is 4.13. The summed E-state index contributed by atoms with van der Waals surface area (Å²) in [6.45, 7) is 0. The van der Waals surface area contributed by atoms with Crippen LogP contribution < -0.4 is 0 Å². The van der Waals surface area contributed by atoms with Crippen molar-refractivity contribution in [3.63, 3.8) is 0 Å². The molecule has 0 bridgehead atoms. The minimum absolute atomic E-state index is 0.876. The molecule has 0 radical (unpaired) electrons. The van der Waals surface area contributed by atoms with Crippen LogP contribution >= 0.6 is 0 Å². The summed E-state index contributed by atoms with van der Waals surface area (Å²) < 4.78 is 0. The normalized spacial score (nSPS) is 11.3. The van der Waals surface area contributed by atoms with Crippen molar-refractivity contribution in [3.8, 4) is 44.8 Å². The Bertz CT molecular complexity index is 2180. The Balaban J connectivity index is 1.28. The number of nitrogens with zero attached hydrogens (tertiary/aromatic N) is 2. The number of pyridine rings is 2. The molecule has 0 amide bonds. The number of rotatable bonds is 4. The molecule has 0 saturated carbocycles. The van der Waals surface area contributed by atoms with Crippen LogP contribution in [0.4, 0.5) is 0 Å². The maximum absolute atomic E-state index is 4.56. The highest BCUT2D eigenvalue weighted by atomic mass is 14.8. The van der Waals surface area contributed by atoms with Gasteiger partial charge in [-0.15, -0.1) is 0 Å². The number of hydrogen-bond acceptors (Lipinski definition) is 2. The number of fused-ring (bicyclic) bond motifs is 3. The summed E-state index contributed by atoms with van der Waals surface area (Å²) in [6, 6.07) is 52.0. The van der Waals surface area contributed by atoms with Crippen molar-refractivity contribution in [3.05, 3.63) is 158 Å². The van der Waals surface area contributed by atoms with Gasteiger partial charge < -0.3 is 0 Å². The molecule has 0 aliphatic carbocycles. The maximum atomic E-state index is 4.56. The molecule has 0 saturated heterocycles. The van der Waals surface area contributed by atoms with Gasteiger partial charge in [-0.25, -0.2) is 0 Å². The largest absolute Gasteiger partial charge is 0.255 e. The van der Waals surface area contributed by atoms with Gasteiger partial charge in [0.05, 0.1) is 11.4 Å². The van der Waals surface area contributed by atoms with Gasteiger partial charge in [0.2, 0.25) is 0 Å². The molecule has 6 aromatic carbocycles. The standard InChI is InChI=1S/C40H26N2/c1-2-10-27(11-3-1)39-33-12-4-6-14-35(33)40(36-15-7-5-13-34(36)39)32-20-19-28-24-29(17-18-30(28)25-32)31-21-23-42-38(26-31)37-16-8-9-22-41-37/h1-26H. The average molecular weight is 535 g/mol. The van der Waals surface area contributed by atoms with E-state index in [0.717, 1.165) is 22.5 Å². The third-order valence-electron chi connectivity index (χ3n) is 8.14. The lowest BCUT2D eigenvalue weighted by atomic mass is 9.85. The van der Waals surface area contributed by atoms with Gasteiger partial charge in [-0.1, -0.05) is 109 Å². The third-order valence-corrected chi connectivity index (χ3v) is 8.14. The van der Waals surface area contributed by atoms with Crippen LogP contribution in [-0.4, -0.2) is 9.97 Å². The Hall–Kier alpha value is -5.60. The Morgan fingerprint density at radius 3 is 1.48 bits per heavy atom. The second-order valence-corrected chi connectivity index (χ2v) is 10.6. The molecule has 8 rings (SSSR count). The van der Waals surface area contributed by atoms with E-state index in [4.69, 9.17) is 0 Å². The van der Waals surface area contributed by atoms with Crippen LogP contribution in [0.5, 0.6) is 0 Å². The van der Waals surface area contributed by atoms with Crippen molar-refractivity contribution >= 4 is 32.3 Å². The molecule has 0 aliphatic rings. The summed E-state index contributed by atoms with van der Waals surface area (Å²) in [6.07, 6.45) is 3.67. The lowest BCUT2D eigenvalue weighted by Crippen LogP contribution is -1.91. The van der Waals surface area contributed by atoms with Gasteiger partial charge in [0.15, 0.2) is 0 Å². The highest BCUT2D eigenvalue weighted by molar-refractivity contribution is 6.21. The molecule has 0 unspecified atom stereocenters. The van der Waals surface area contributed by atoms with Gasteiger partial charge in [-0.05, 0) is 102 Å². The first-order valence-electron chi connectivity index (χ1n) is 14.2. The Morgan fingerprint density at radius 2 is 0.833 bits per heavy atom. The van der Waals surface area contributed by atoms with Crippen molar-refractivity contribution in [1.29, 1.82) is 0 Å². The van der Waals surface area contributed by atoms with Crippen LogP contribution in [0.2, 0.25) is 0 Å². The molecule has 0 aliphatic heterocycles. The van der Waals surface area contributed by atoms with E-state index in [1.54, 1.807) is 6.20 Å². The molecule has 2 nitrogen and oxygen atoms in total. The van der Waals surface area contributed by atoms with Crippen LogP contribution in [0.15, 0.2) is 158 Å². The summed E-state index contributed by atoms with van der Waals surface area (Å²) in [5, 5.41) is 7.51. The second kappa shape index (κ2) is 10.1. The Morgan fingerprint density at radius 1 is 0.310 bits per heavy atom. The van der Waals surface area contributed by atoms with Crippen LogP contribution in [-0.2, 0) is 0 Å². The predicted molar refractivity (Wildman–Crippen MR) is 176 cm³/mol. The van der Waals surface area contributed by atoms with Gasteiger partial charge in [-0.3, -0.25) is 9.97 Å². The zero-order valence-corrected chi connectivity index (χ0v) is 22.9. The Kier molecular flexibility index (Phi) is 5.82. The predicted octanol–water partition coefficient (Wildman–Crippen LogP) is 10.6. The first kappa shape index (κ1) is 24.2. The maximum Gasteiger partial charge on any atom is 0.0892 e. The van der Waals surface area contributed by atoms with Gasteiger partial charge in [0.1, 0.15) is 0 Å². The molecule has 8 aromatic rings. The molecule has 0 atom stereocenters. The van der Waals surface area contributed by atoms with Gasteiger partial charge in [-0.2, -0.15) is 0 Å².